The number of oxime groups is 2. The number of nitrogens with zero attached hydrogens (tertiary/aromatic N) is 3. The molecule has 0 radical (unpaired) electrons. The SMILES string of the molecule is CC(=O)ON=C(C)c1ccc(N(c2ccc(C(=O)c3cccc4ccccc34)cc2)c2ccc(/C(C)=N\OC(C)=O)cc2)cc1. The molecule has 0 aliphatic rings. The van der Waals surface area contributed by atoms with Gasteiger partial charge in [-0.1, -0.05) is 77.0 Å². The van der Waals surface area contributed by atoms with Gasteiger partial charge in [-0.25, -0.2) is 9.59 Å². The van der Waals surface area contributed by atoms with Crippen molar-refractivity contribution in [3.05, 3.63) is 138 Å². The van der Waals surface area contributed by atoms with E-state index in [1.54, 1.807) is 13.8 Å². The molecule has 224 valence electrons. The number of anilines is 3. The summed E-state index contributed by atoms with van der Waals surface area (Å²) < 4.78 is 0. The number of carbonyl (C=O) groups excluding carboxylic acids is 3. The minimum atomic E-state index is -0.490. The van der Waals surface area contributed by atoms with E-state index in [1.165, 1.54) is 13.8 Å². The van der Waals surface area contributed by atoms with Gasteiger partial charge in [-0.15, -0.1) is 0 Å². The fourth-order valence-electron chi connectivity index (χ4n) is 4.86. The molecule has 0 aliphatic carbocycles. The molecule has 0 amide bonds. The summed E-state index contributed by atoms with van der Waals surface area (Å²) in [5.74, 6) is -1.03. The number of ketones is 1. The third-order valence-corrected chi connectivity index (χ3v) is 7.13. The molecule has 0 heterocycles. The lowest BCUT2D eigenvalue weighted by Crippen LogP contribution is -2.11. The first kappa shape index (κ1) is 30.6. The molecular formula is C37H31N3O5. The predicted molar refractivity (Wildman–Crippen MR) is 176 cm³/mol. The Morgan fingerprint density at radius 2 is 0.933 bits per heavy atom. The quantitative estimate of drug-likeness (QED) is 0.0737. The third kappa shape index (κ3) is 7.19. The second-order valence-electron chi connectivity index (χ2n) is 10.4. The highest BCUT2D eigenvalue weighted by Gasteiger charge is 2.17. The zero-order valence-electron chi connectivity index (χ0n) is 25.4. The molecule has 8 nitrogen and oxygen atoms in total. The zero-order chi connectivity index (χ0) is 31.9. The number of fused-ring (bicyclic) bond motifs is 1. The maximum Gasteiger partial charge on any atom is 0.331 e. The summed E-state index contributed by atoms with van der Waals surface area (Å²) in [5.41, 5.74) is 6.48. The fraction of sp³-hybridized carbons (Fsp3) is 0.108. The lowest BCUT2D eigenvalue weighted by atomic mass is 9.97. The Kier molecular flexibility index (Phi) is 9.24. The van der Waals surface area contributed by atoms with Gasteiger partial charge >= 0.3 is 11.9 Å². The van der Waals surface area contributed by atoms with Gasteiger partial charge in [0, 0.05) is 42.0 Å². The minimum absolute atomic E-state index is 0.0521. The van der Waals surface area contributed by atoms with E-state index in [-0.39, 0.29) is 5.78 Å². The van der Waals surface area contributed by atoms with Gasteiger partial charge in [0.15, 0.2) is 5.78 Å². The normalized spacial score (nSPS) is 11.6. The average Bonchev–Trinajstić information content (AvgIpc) is 3.06. The van der Waals surface area contributed by atoms with Gasteiger partial charge in [-0.2, -0.15) is 0 Å². The minimum Gasteiger partial charge on any atom is -0.318 e. The summed E-state index contributed by atoms with van der Waals surface area (Å²) in [6.45, 7) is 6.13. The summed E-state index contributed by atoms with van der Waals surface area (Å²) in [5, 5.41) is 9.70. The topological polar surface area (TPSA) is 97.6 Å². The van der Waals surface area contributed by atoms with Crippen LogP contribution in [0.1, 0.15) is 54.7 Å². The first-order valence-corrected chi connectivity index (χ1v) is 14.3. The summed E-state index contributed by atoms with van der Waals surface area (Å²) in [7, 11) is 0. The molecule has 0 saturated carbocycles. The summed E-state index contributed by atoms with van der Waals surface area (Å²) in [4.78, 5) is 47.6. The van der Waals surface area contributed by atoms with Crippen molar-refractivity contribution in [1.29, 1.82) is 0 Å². The Morgan fingerprint density at radius 1 is 0.511 bits per heavy atom. The van der Waals surface area contributed by atoms with Crippen molar-refractivity contribution in [2.45, 2.75) is 27.7 Å². The van der Waals surface area contributed by atoms with Gasteiger partial charge < -0.3 is 14.6 Å². The van der Waals surface area contributed by atoms with Crippen molar-refractivity contribution in [3.63, 3.8) is 0 Å². The van der Waals surface area contributed by atoms with Crippen LogP contribution in [-0.2, 0) is 19.3 Å². The van der Waals surface area contributed by atoms with Crippen LogP contribution in [0.2, 0.25) is 0 Å². The number of hydrogen-bond donors (Lipinski definition) is 0. The molecule has 0 atom stereocenters. The Hall–Kier alpha value is -5.89. The van der Waals surface area contributed by atoms with E-state index in [0.717, 1.165) is 39.0 Å². The van der Waals surface area contributed by atoms with Crippen molar-refractivity contribution in [2.75, 3.05) is 4.90 Å². The number of carbonyl (C=O) groups is 3. The molecule has 0 spiro atoms. The lowest BCUT2D eigenvalue weighted by molar-refractivity contribution is -0.141. The third-order valence-electron chi connectivity index (χ3n) is 7.13. The van der Waals surface area contributed by atoms with Crippen molar-refractivity contribution in [1.82, 2.24) is 0 Å². The van der Waals surface area contributed by atoms with Gasteiger partial charge in [0.2, 0.25) is 0 Å². The summed E-state index contributed by atoms with van der Waals surface area (Å²) in [6, 6.07) is 36.5. The van der Waals surface area contributed by atoms with Gasteiger partial charge in [0.1, 0.15) is 0 Å². The van der Waals surface area contributed by atoms with E-state index in [2.05, 4.69) is 15.2 Å². The zero-order valence-corrected chi connectivity index (χ0v) is 25.4. The molecule has 5 aromatic carbocycles. The van der Waals surface area contributed by atoms with Gasteiger partial charge in [0.05, 0.1) is 11.4 Å². The van der Waals surface area contributed by atoms with Crippen LogP contribution in [0.5, 0.6) is 0 Å². The molecule has 5 rings (SSSR count). The standard InChI is InChI=1S/C37H31N3O5/c1-24(38-44-26(3)41)28-12-18-32(19-13-28)40(33-20-14-29(15-21-33)25(2)39-45-27(4)42)34-22-16-31(17-23-34)37(43)36-11-7-9-30-8-5-6-10-35(30)36/h5-23H,1-4H3/b38-24-,39-25?. The first-order chi connectivity index (χ1) is 21.7. The van der Waals surface area contributed by atoms with Gasteiger partial charge in [-0.3, -0.25) is 4.79 Å². The summed E-state index contributed by atoms with van der Waals surface area (Å²) in [6.07, 6.45) is 0. The van der Waals surface area contributed by atoms with Crippen LogP contribution < -0.4 is 4.90 Å². The second-order valence-corrected chi connectivity index (χ2v) is 10.4. The molecule has 0 saturated heterocycles. The van der Waals surface area contributed by atoms with E-state index in [0.29, 0.717) is 22.6 Å². The Morgan fingerprint density at radius 3 is 1.40 bits per heavy atom. The monoisotopic (exact) mass is 597 g/mol. The highest BCUT2D eigenvalue weighted by atomic mass is 16.7. The van der Waals surface area contributed by atoms with Crippen LogP contribution in [0.25, 0.3) is 10.8 Å². The van der Waals surface area contributed by atoms with E-state index in [1.807, 2.05) is 115 Å². The molecule has 45 heavy (non-hydrogen) atoms. The van der Waals surface area contributed by atoms with Crippen LogP contribution in [-0.4, -0.2) is 29.1 Å². The maximum atomic E-state index is 13.6. The van der Waals surface area contributed by atoms with Crippen LogP contribution in [0, 0.1) is 0 Å². The Labute approximate surface area is 261 Å². The van der Waals surface area contributed by atoms with Gasteiger partial charge in [-0.05, 0) is 84.3 Å². The molecular weight excluding hydrogens is 566 g/mol. The van der Waals surface area contributed by atoms with E-state index in [4.69, 9.17) is 9.68 Å². The molecule has 8 heteroatoms. The average molecular weight is 598 g/mol. The highest BCUT2D eigenvalue weighted by Crippen LogP contribution is 2.35. The van der Waals surface area contributed by atoms with Crippen molar-refractivity contribution >= 4 is 57.0 Å². The molecule has 5 aromatic rings. The number of benzene rings is 5. The van der Waals surface area contributed by atoms with E-state index >= 15 is 0 Å². The van der Waals surface area contributed by atoms with Gasteiger partial charge in [0.25, 0.3) is 0 Å². The molecule has 0 aromatic heterocycles. The highest BCUT2D eigenvalue weighted by molar-refractivity contribution is 6.16. The molecule has 0 aliphatic heterocycles. The second kappa shape index (κ2) is 13.6. The fourth-order valence-corrected chi connectivity index (χ4v) is 4.86. The smallest absolute Gasteiger partial charge is 0.318 e. The van der Waals surface area contributed by atoms with E-state index < -0.39 is 11.9 Å². The molecule has 0 bridgehead atoms. The lowest BCUT2D eigenvalue weighted by Gasteiger charge is -2.26. The van der Waals surface area contributed by atoms with Crippen molar-refractivity contribution in [2.24, 2.45) is 10.3 Å². The molecule has 0 N–H and O–H groups in total. The predicted octanol–water partition coefficient (Wildman–Crippen LogP) is 8.11. The molecule has 0 fully saturated rings. The van der Waals surface area contributed by atoms with Crippen LogP contribution in [0.3, 0.4) is 0 Å². The van der Waals surface area contributed by atoms with Crippen molar-refractivity contribution in [3.8, 4) is 0 Å². The maximum absolute atomic E-state index is 13.6. The Bertz CT molecular complexity index is 1850. The van der Waals surface area contributed by atoms with Crippen LogP contribution >= 0.6 is 0 Å². The molecule has 0 unspecified atom stereocenters. The van der Waals surface area contributed by atoms with E-state index in [9.17, 15) is 14.4 Å². The van der Waals surface area contributed by atoms with Crippen molar-refractivity contribution < 1.29 is 24.1 Å². The van der Waals surface area contributed by atoms with Crippen LogP contribution in [0.15, 0.2) is 126 Å². The van der Waals surface area contributed by atoms with Crippen LogP contribution in [0.4, 0.5) is 17.1 Å². The largest absolute Gasteiger partial charge is 0.331 e. The number of rotatable bonds is 9. The first-order valence-electron chi connectivity index (χ1n) is 14.3. The summed E-state index contributed by atoms with van der Waals surface area (Å²) >= 11 is 0. The number of hydrogen-bond acceptors (Lipinski definition) is 8. The Balaban J connectivity index is 1.50.